The molecule has 0 aliphatic heterocycles. The van der Waals surface area contributed by atoms with Gasteiger partial charge in [-0.3, -0.25) is 4.99 Å². The molecule has 5 nitrogen and oxygen atoms in total. The van der Waals surface area contributed by atoms with Crippen molar-refractivity contribution in [1.29, 1.82) is 0 Å². The fraction of sp³-hybridized carbons (Fsp3) is 0.286. The Kier molecular flexibility index (Phi) is 7.97. The van der Waals surface area contributed by atoms with E-state index in [-0.39, 0.29) is 24.0 Å². The molecule has 0 atom stereocenters. The van der Waals surface area contributed by atoms with Crippen molar-refractivity contribution < 1.29 is 4.74 Å². The third-order valence-corrected chi connectivity index (χ3v) is 4.53. The molecule has 144 valence electrons. The Morgan fingerprint density at radius 3 is 2.63 bits per heavy atom. The smallest absolute Gasteiger partial charge is 0.193 e. The Bertz CT molecular complexity index is 891. The maximum Gasteiger partial charge on any atom is 0.193 e. The number of halogens is 1. The number of H-pyrrole nitrogens is 1. The molecule has 0 bridgehead atoms. The molecule has 0 aliphatic carbocycles. The summed E-state index contributed by atoms with van der Waals surface area (Å²) in [6, 6.07) is 16.5. The lowest BCUT2D eigenvalue weighted by atomic mass is 10.1. The zero-order chi connectivity index (χ0) is 18.4. The molecule has 3 rings (SSSR count). The van der Waals surface area contributed by atoms with E-state index in [1.54, 1.807) is 7.11 Å². The minimum absolute atomic E-state index is 0. The van der Waals surface area contributed by atoms with Gasteiger partial charge in [-0.2, -0.15) is 0 Å². The standard InChI is InChI=1S/C21H26N4O.HI/c1-22-21(25(2)15-17-8-4-7-11-20(17)26-3)23-13-12-16-14-24-19-10-6-5-9-18(16)19;/h4-11,14,24H,12-13,15H2,1-3H3,(H,22,23);1H. The van der Waals surface area contributed by atoms with Gasteiger partial charge in [-0.15, -0.1) is 24.0 Å². The minimum atomic E-state index is 0. The van der Waals surface area contributed by atoms with Crippen molar-refractivity contribution in [3.63, 3.8) is 0 Å². The van der Waals surface area contributed by atoms with Gasteiger partial charge in [0.05, 0.1) is 7.11 Å². The van der Waals surface area contributed by atoms with Gasteiger partial charge in [-0.05, 0) is 24.1 Å². The predicted octanol–water partition coefficient (Wildman–Crippen LogP) is 4.04. The molecule has 27 heavy (non-hydrogen) atoms. The number of ether oxygens (including phenoxy) is 1. The molecule has 6 heteroatoms. The van der Waals surface area contributed by atoms with Gasteiger partial charge >= 0.3 is 0 Å². The van der Waals surface area contributed by atoms with Gasteiger partial charge < -0.3 is 19.9 Å². The monoisotopic (exact) mass is 478 g/mol. The summed E-state index contributed by atoms with van der Waals surface area (Å²) in [5, 5.41) is 4.74. The van der Waals surface area contributed by atoms with Crippen molar-refractivity contribution in [3.05, 3.63) is 65.9 Å². The number of aliphatic imine (C=N–C) groups is 1. The second-order valence-electron chi connectivity index (χ2n) is 6.25. The van der Waals surface area contributed by atoms with Crippen molar-refractivity contribution in [2.75, 3.05) is 27.7 Å². The zero-order valence-electron chi connectivity index (χ0n) is 16.0. The number of methoxy groups -OCH3 is 1. The van der Waals surface area contributed by atoms with E-state index in [1.807, 2.05) is 32.3 Å². The summed E-state index contributed by atoms with van der Waals surface area (Å²) >= 11 is 0. The van der Waals surface area contributed by atoms with E-state index in [1.165, 1.54) is 16.5 Å². The molecular formula is C21H27IN4O. The number of guanidine groups is 1. The summed E-state index contributed by atoms with van der Waals surface area (Å²) in [7, 11) is 5.55. The Labute approximate surface area is 177 Å². The highest BCUT2D eigenvalue weighted by atomic mass is 127. The number of aromatic nitrogens is 1. The molecule has 2 aromatic carbocycles. The van der Waals surface area contributed by atoms with Crippen LogP contribution in [-0.4, -0.2) is 43.6 Å². The fourth-order valence-electron chi connectivity index (χ4n) is 3.20. The van der Waals surface area contributed by atoms with Crippen LogP contribution in [-0.2, 0) is 13.0 Å². The van der Waals surface area contributed by atoms with Gasteiger partial charge in [-0.25, -0.2) is 0 Å². The van der Waals surface area contributed by atoms with Gasteiger partial charge in [0, 0.05) is 49.8 Å². The van der Waals surface area contributed by atoms with Gasteiger partial charge in [-0.1, -0.05) is 36.4 Å². The molecule has 0 radical (unpaired) electrons. The third kappa shape index (κ3) is 5.15. The summed E-state index contributed by atoms with van der Waals surface area (Å²) in [5.74, 6) is 1.77. The average Bonchev–Trinajstić information content (AvgIpc) is 3.09. The number of fused-ring (bicyclic) bond motifs is 1. The summed E-state index contributed by atoms with van der Waals surface area (Å²) in [5.41, 5.74) is 3.63. The van der Waals surface area contributed by atoms with Gasteiger partial charge in [0.25, 0.3) is 0 Å². The minimum Gasteiger partial charge on any atom is -0.496 e. The van der Waals surface area contributed by atoms with Crippen LogP contribution in [0.25, 0.3) is 10.9 Å². The van der Waals surface area contributed by atoms with E-state index in [2.05, 4.69) is 56.7 Å². The van der Waals surface area contributed by atoms with Crippen LogP contribution in [0.4, 0.5) is 0 Å². The first-order valence-corrected chi connectivity index (χ1v) is 8.81. The first-order valence-electron chi connectivity index (χ1n) is 8.81. The van der Waals surface area contributed by atoms with E-state index in [0.29, 0.717) is 0 Å². The van der Waals surface area contributed by atoms with Crippen molar-refractivity contribution in [1.82, 2.24) is 15.2 Å². The second-order valence-corrected chi connectivity index (χ2v) is 6.25. The molecule has 3 aromatic rings. The van der Waals surface area contributed by atoms with Crippen LogP contribution in [0.3, 0.4) is 0 Å². The molecule has 0 unspecified atom stereocenters. The lowest BCUT2D eigenvalue weighted by Gasteiger charge is -2.23. The van der Waals surface area contributed by atoms with Crippen LogP contribution >= 0.6 is 24.0 Å². The molecule has 0 spiro atoms. The van der Waals surface area contributed by atoms with E-state index >= 15 is 0 Å². The second kappa shape index (κ2) is 10.2. The largest absolute Gasteiger partial charge is 0.496 e. The first kappa shape index (κ1) is 21.1. The number of hydrogen-bond acceptors (Lipinski definition) is 2. The van der Waals surface area contributed by atoms with Crippen molar-refractivity contribution in [3.8, 4) is 5.75 Å². The Morgan fingerprint density at radius 2 is 1.85 bits per heavy atom. The van der Waals surface area contributed by atoms with Crippen LogP contribution in [0.1, 0.15) is 11.1 Å². The van der Waals surface area contributed by atoms with Gasteiger partial charge in [0.1, 0.15) is 5.75 Å². The van der Waals surface area contributed by atoms with E-state index in [9.17, 15) is 0 Å². The maximum absolute atomic E-state index is 5.44. The molecular weight excluding hydrogens is 451 g/mol. The number of para-hydroxylation sites is 2. The molecule has 0 aliphatic rings. The van der Waals surface area contributed by atoms with Crippen molar-refractivity contribution >= 4 is 40.8 Å². The first-order chi connectivity index (χ1) is 12.7. The van der Waals surface area contributed by atoms with Crippen LogP contribution in [0, 0.1) is 0 Å². The van der Waals surface area contributed by atoms with E-state index in [4.69, 9.17) is 4.74 Å². The number of rotatable bonds is 6. The predicted molar refractivity (Wildman–Crippen MR) is 123 cm³/mol. The molecule has 1 heterocycles. The molecule has 0 saturated carbocycles. The van der Waals surface area contributed by atoms with E-state index in [0.717, 1.165) is 36.8 Å². The van der Waals surface area contributed by atoms with Crippen LogP contribution < -0.4 is 10.1 Å². The Morgan fingerprint density at radius 1 is 1.11 bits per heavy atom. The quantitative estimate of drug-likeness (QED) is 0.320. The average molecular weight is 478 g/mol. The molecule has 2 N–H and O–H groups in total. The number of nitrogens with one attached hydrogen (secondary N) is 2. The zero-order valence-corrected chi connectivity index (χ0v) is 18.4. The summed E-state index contributed by atoms with van der Waals surface area (Å²) < 4.78 is 5.44. The lowest BCUT2D eigenvalue weighted by molar-refractivity contribution is 0.396. The highest BCUT2D eigenvalue weighted by molar-refractivity contribution is 14.0. The van der Waals surface area contributed by atoms with Gasteiger partial charge in [0.2, 0.25) is 0 Å². The lowest BCUT2D eigenvalue weighted by Crippen LogP contribution is -2.39. The van der Waals surface area contributed by atoms with Crippen LogP contribution in [0.5, 0.6) is 5.75 Å². The SMILES string of the molecule is CN=C(NCCc1c[nH]c2ccccc12)N(C)Cc1ccccc1OC.I. The Balaban J connectivity index is 0.00000261. The third-order valence-electron chi connectivity index (χ3n) is 4.53. The number of nitrogens with zero attached hydrogens (tertiary/aromatic N) is 2. The Hall–Kier alpha value is -2.22. The normalized spacial score (nSPS) is 11.1. The number of aromatic amines is 1. The van der Waals surface area contributed by atoms with Crippen LogP contribution in [0.15, 0.2) is 59.7 Å². The number of hydrogen-bond donors (Lipinski definition) is 2. The molecule has 0 saturated heterocycles. The summed E-state index contributed by atoms with van der Waals surface area (Å²) in [4.78, 5) is 9.83. The van der Waals surface area contributed by atoms with Crippen molar-refractivity contribution in [2.45, 2.75) is 13.0 Å². The van der Waals surface area contributed by atoms with Crippen molar-refractivity contribution in [2.24, 2.45) is 4.99 Å². The molecule has 0 fully saturated rings. The molecule has 0 amide bonds. The van der Waals surface area contributed by atoms with E-state index < -0.39 is 0 Å². The summed E-state index contributed by atoms with van der Waals surface area (Å²) in [6.45, 7) is 1.56. The summed E-state index contributed by atoms with van der Waals surface area (Å²) in [6.07, 6.45) is 3.03. The van der Waals surface area contributed by atoms with Gasteiger partial charge in [0.15, 0.2) is 5.96 Å². The highest BCUT2D eigenvalue weighted by Gasteiger charge is 2.10. The fourth-order valence-corrected chi connectivity index (χ4v) is 3.20. The number of benzene rings is 2. The highest BCUT2D eigenvalue weighted by Crippen LogP contribution is 2.19. The van der Waals surface area contributed by atoms with Crippen LogP contribution in [0.2, 0.25) is 0 Å². The molecule has 1 aromatic heterocycles. The maximum atomic E-state index is 5.44. The topological polar surface area (TPSA) is 52.7 Å².